The van der Waals surface area contributed by atoms with Crippen LogP contribution in [0, 0.1) is 9.49 Å². The quantitative estimate of drug-likeness (QED) is 0.753. The molecule has 0 aliphatic heterocycles. The summed E-state index contributed by atoms with van der Waals surface area (Å²) in [5.74, 6) is 1.20. The lowest BCUT2D eigenvalue weighted by Crippen LogP contribution is -2.13. The third-order valence-electron chi connectivity index (χ3n) is 2.81. The summed E-state index contributed by atoms with van der Waals surface area (Å²) < 4.78 is 6.55. The molecule has 1 N–H and O–H groups in total. The summed E-state index contributed by atoms with van der Waals surface area (Å²) in [4.78, 5) is 12.2. The number of carbonyl (C=O) groups excluding carboxylic acids is 1. The second kappa shape index (κ2) is 7.45. The van der Waals surface area contributed by atoms with Crippen LogP contribution in [0.3, 0.4) is 0 Å². The van der Waals surface area contributed by atoms with E-state index >= 15 is 0 Å². The van der Waals surface area contributed by atoms with E-state index in [2.05, 4.69) is 41.8 Å². The fourth-order valence-electron chi connectivity index (χ4n) is 1.74. The van der Waals surface area contributed by atoms with E-state index in [0.717, 1.165) is 15.0 Å². The van der Waals surface area contributed by atoms with Crippen LogP contribution in [0.1, 0.15) is 24.2 Å². The Morgan fingerprint density at radius 1 is 1.14 bits per heavy atom. The van der Waals surface area contributed by atoms with Crippen molar-refractivity contribution in [2.45, 2.75) is 13.8 Å². The zero-order valence-electron chi connectivity index (χ0n) is 12.1. The van der Waals surface area contributed by atoms with Gasteiger partial charge in [-0.3, -0.25) is 4.79 Å². The minimum Gasteiger partial charge on any atom is -0.493 e. The molecule has 0 radical (unpaired) electrons. The third kappa shape index (κ3) is 4.74. The van der Waals surface area contributed by atoms with Gasteiger partial charge in [-0.15, -0.1) is 0 Å². The van der Waals surface area contributed by atoms with E-state index in [4.69, 9.17) is 4.74 Å². The summed E-state index contributed by atoms with van der Waals surface area (Å²) in [6, 6.07) is 14.9. The molecule has 0 unspecified atom stereocenters. The van der Waals surface area contributed by atoms with E-state index in [9.17, 15) is 4.79 Å². The van der Waals surface area contributed by atoms with Crippen molar-refractivity contribution in [2.75, 3.05) is 11.9 Å². The highest BCUT2D eigenvalue weighted by atomic mass is 127. The Hall–Kier alpha value is -1.56. The van der Waals surface area contributed by atoms with E-state index in [1.54, 1.807) is 0 Å². The van der Waals surface area contributed by atoms with Gasteiger partial charge in [0.1, 0.15) is 5.75 Å². The van der Waals surface area contributed by atoms with Crippen molar-refractivity contribution in [3.63, 3.8) is 0 Å². The fourth-order valence-corrected chi connectivity index (χ4v) is 2.37. The second-order valence-corrected chi connectivity index (χ2v) is 6.33. The predicted octanol–water partition coefficient (Wildman–Crippen LogP) is 4.58. The Morgan fingerprint density at radius 3 is 2.43 bits per heavy atom. The molecule has 0 atom stereocenters. The van der Waals surface area contributed by atoms with Gasteiger partial charge in [-0.25, -0.2) is 0 Å². The maximum absolute atomic E-state index is 12.2. The number of carbonyl (C=O) groups is 1. The maximum Gasteiger partial charge on any atom is 0.256 e. The third-order valence-corrected chi connectivity index (χ3v) is 3.75. The first-order valence-electron chi connectivity index (χ1n) is 6.85. The van der Waals surface area contributed by atoms with Crippen LogP contribution in [-0.4, -0.2) is 12.5 Å². The fraction of sp³-hybridized carbons (Fsp3) is 0.235. The lowest BCUT2D eigenvalue weighted by Gasteiger charge is -2.10. The Bertz CT molecular complexity index is 608. The van der Waals surface area contributed by atoms with Gasteiger partial charge in [0.2, 0.25) is 0 Å². The van der Waals surface area contributed by atoms with Crippen molar-refractivity contribution < 1.29 is 9.53 Å². The molecule has 21 heavy (non-hydrogen) atoms. The van der Waals surface area contributed by atoms with E-state index in [1.807, 2.05) is 48.5 Å². The first-order valence-corrected chi connectivity index (χ1v) is 7.93. The van der Waals surface area contributed by atoms with Crippen LogP contribution in [0.5, 0.6) is 5.75 Å². The standard InChI is InChI=1S/C17H18INO2/c1-12(2)11-21-14-9-7-13(8-10-14)19-17(20)15-5-3-4-6-16(15)18/h3-10,12H,11H2,1-2H3,(H,19,20). The van der Waals surface area contributed by atoms with Crippen molar-refractivity contribution in [1.29, 1.82) is 0 Å². The number of benzene rings is 2. The molecule has 0 aliphatic rings. The average molecular weight is 395 g/mol. The SMILES string of the molecule is CC(C)COc1ccc(NC(=O)c2ccccc2I)cc1. The number of hydrogen-bond acceptors (Lipinski definition) is 2. The molecule has 1 amide bonds. The summed E-state index contributed by atoms with van der Waals surface area (Å²) in [6.07, 6.45) is 0. The lowest BCUT2D eigenvalue weighted by molar-refractivity contribution is 0.102. The number of amides is 1. The minimum absolute atomic E-state index is 0.101. The summed E-state index contributed by atoms with van der Waals surface area (Å²) in [5, 5.41) is 2.89. The number of halogens is 1. The minimum atomic E-state index is -0.101. The largest absolute Gasteiger partial charge is 0.493 e. The highest BCUT2D eigenvalue weighted by molar-refractivity contribution is 14.1. The van der Waals surface area contributed by atoms with Crippen molar-refractivity contribution in [2.24, 2.45) is 5.92 Å². The van der Waals surface area contributed by atoms with Crippen molar-refractivity contribution in [3.05, 3.63) is 57.7 Å². The molecule has 0 spiro atoms. The molecule has 2 aromatic rings. The van der Waals surface area contributed by atoms with Crippen LogP contribution in [0.2, 0.25) is 0 Å². The Morgan fingerprint density at radius 2 is 1.81 bits per heavy atom. The van der Waals surface area contributed by atoms with Crippen molar-refractivity contribution in [1.82, 2.24) is 0 Å². The van der Waals surface area contributed by atoms with E-state index in [-0.39, 0.29) is 5.91 Å². The normalized spacial score (nSPS) is 10.5. The van der Waals surface area contributed by atoms with E-state index in [1.165, 1.54) is 0 Å². The molecule has 0 aromatic heterocycles. The summed E-state index contributed by atoms with van der Waals surface area (Å²) in [6.45, 7) is 4.90. The van der Waals surface area contributed by atoms with Crippen LogP contribution >= 0.6 is 22.6 Å². The van der Waals surface area contributed by atoms with Gasteiger partial charge in [0.05, 0.1) is 12.2 Å². The highest BCUT2D eigenvalue weighted by Crippen LogP contribution is 2.18. The number of ether oxygens (including phenoxy) is 1. The molecule has 4 heteroatoms. The molecule has 0 heterocycles. The second-order valence-electron chi connectivity index (χ2n) is 5.16. The first-order chi connectivity index (χ1) is 10.1. The number of hydrogen-bond donors (Lipinski definition) is 1. The smallest absolute Gasteiger partial charge is 0.256 e. The average Bonchev–Trinajstić information content (AvgIpc) is 2.47. The summed E-state index contributed by atoms with van der Waals surface area (Å²) >= 11 is 2.16. The van der Waals surface area contributed by atoms with Crippen molar-refractivity contribution >= 4 is 34.2 Å². The van der Waals surface area contributed by atoms with Crippen LogP contribution in [0.25, 0.3) is 0 Å². The Kier molecular flexibility index (Phi) is 5.61. The van der Waals surface area contributed by atoms with Gasteiger partial charge < -0.3 is 10.1 Å². The zero-order chi connectivity index (χ0) is 15.2. The number of anilines is 1. The molecule has 0 saturated heterocycles. The van der Waals surface area contributed by atoms with Crippen LogP contribution in [0.4, 0.5) is 5.69 Å². The zero-order valence-corrected chi connectivity index (χ0v) is 14.3. The molecule has 3 nitrogen and oxygen atoms in total. The van der Waals surface area contributed by atoms with Gasteiger partial charge in [-0.05, 0) is 64.9 Å². The molecule has 110 valence electrons. The Labute approximate surface area is 138 Å². The van der Waals surface area contributed by atoms with Gasteiger partial charge in [-0.1, -0.05) is 26.0 Å². The number of nitrogens with one attached hydrogen (secondary N) is 1. The molecule has 2 rings (SSSR count). The molecule has 0 saturated carbocycles. The molecule has 0 aliphatic carbocycles. The van der Waals surface area contributed by atoms with Gasteiger partial charge in [0.15, 0.2) is 0 Å². The summed E-state index contributed by atoms with van der Waals surface area (Å²) in [7, 11) is 0. The van der Waals surface area contributed by atoms with Crippen LogP contribution in [0.15, 0.2) is 48.5 Å². The van der Waals surface area contributed by atoms with E-state index in [0.29, 0.717) is 18.1 Å². The van der Waals surface area contributed by atoms with Crippen LogP contribution < -0.4 is 10.1 Å². The van der Waals surface area contributed by atoms with Gasteiger partial charge >= 0.3 is 0 Å². The lowest BCUT2D eigenvalue weighted by atomic mass is 10.2. The van der Waals surface area contributed by atoms with E-state index < -0.39 is 0 Å². The monoisotopic (exact) mass is 395 g/mol. The van der Waals surface area contributed by atoms with Crippen LogP contribution in [-0.2, 0) is 0 Å². The maximum atomic E-state index is 12.2. The van der Waals surface area contributed by atoms with Gasteiger partial charge in [0.25, 0.3) is 5.91 Å². The molecular weight excluding hydrogens is 377 g/mol. The summed E-state index contributed by atoms with van der Waals surface area (Å²) in [5.41, 5.74) is 1.44. The molecule has 0 fully saturated rings. The van der Waals surface area contributed by atoms with Gasteiger partial charge in [0, 0.05) is 9.26 Å². The topological polar surface area (TPSA) is 38.3 Å². The van der Waals surface area contributed by atoms with Crippen molar-refractivity contribution in [3.8, 4) is 5.75 Å². The molecule has 2 aromatic carbocycles. The molecule has 0 bridgehead atoms. The highest BCUT2D eigenvalue weighted by Gasteiger charge is 2.09. The predicted molar refractivity (Wildman–Crippen MR) is 93.9 cm³/mol. The molecular formula is C17H18INO2. The van der Waals surface area contributed by atoms with Gasteiger partial charge in [-0.2, -0.15) is 0 Å². The number of rotatable bonds is 5. The Balaban J connectivity index is 2.00. The first kappa shape index (κ1) is 15.8.